The molecule has 1 aromatic rings. The fourth-order valence-corrected chi connectivity index (χ4v) is 2.05. The average molecular weight is 275 g/mol. The molecule has 106 valence electrons. The predicted molar refractivity (Wildman–Crippen MR) is 64.2 cm³/mol. The van der Waals surface area contributed by atoms with Crippen LogP contribution in [0.15, 0.2) is 6.20 Å². The largest absolute Gasteiger partial charge is 0.416 e. The van der Waals surface area contributed by atoms with Gasteiger partial charge in [-0.15, -0.1) is 0 Å². The van der Waals surface area contributed by atoms with Crippen molar-refractivity contribution in [1.29, 1.82) is 0 Å². The van der Waals surface area contributed by atoms with Crippen LogP contribution in [-0.4, -0.2) is 41.9 Å². The maximum atomic E-state index is 12.7. The van der Waals surface area contributed by atoms with Gasteiger partial charge in [-0.05, 0) is 13.3 Å². The second-order valence-electron chi connectivity index (χ2n) is 4.47. The Balaban J connectivity index is 2.24. The third kappa shape index (κ3) is 3.15. The molecule has 2 heterocycles. The van der Waals surface area contributed by atoms with E-state index in [1.807, 2.05) is 6.92 Å². The fraction of sp³-hybridized carbons (Fsp3) is 0.667. The lowest BCUT2D eigenvalue weighted by molar-refractivity contribution is -0.221. The van der Waals surface area contributed by atoms with Gasteiger partial charge in [0.2, 0.25) is 0 Å². The number of rotatable bonds is 2. The zero-order chi connectivity index (χ0) is 14.0. The van der Waals surface area contributed by atoms with Gasteiger partial charge in [0.15, 0.2) is 6.10 Å². The minimum Gasteiger partial charge on any atom is -0.365 e. The van der Waals surface area contributed by atoms with Crippen LogP contribution in [0.2, 0.25) is 0 Å². The highest BCUT2D eigenvalue weighted by Gasteiger charge is 2.43. The molecule has 1 aliphatic heterocycles. The monoisotopic (exact) mass is 275 g/mol. The van der Waals surface area contributed by atoms with Crippen LogP contribution in [0, 0.1) is 6.92 Å². The van der Waals surface area contributed by atoms with Gasteiger partial charge in [-0.1, -0.05) is 6.92 Å². The highest BCUT2D eigenvalue weighted by Crippen LogP contribution is 2.28. The number of alkyl halides is 3. The molecule has 1 aliphatic rings. The number of halogens is 3. The van der Waals surface area contributed by atoms with Crippen molar-refractivity contribution in [3.05, 3.63) is 17.6 Å². The normalized spacial score (nSPS) is 20.7. The summed E-state index contributed by atoms with van der Waals surface area (Å²) in [5.41, 5.74) is 0.855. The molecule has 19 heavy (non-hydrogen) atoms. The first-order valence-corrected chi connectivity index (χ1v) is 6.17. The van der Waals surface area contributed by atoms with Crippen LogP contribution in [0.5, 0.6) is 0 Å². The van der Waals surface area contributed by atoms with Crippen LogP contribution < -0.4 is 4.90 Å². The molecule has 0 bridgehead atoms. The molecule has 0 spiro atoms. The van der Waals surface area contributed by atoms with Crippen LogP contribution >= 0.6 is 0 Å². The van der Waals surface area contributed by atoms with Gasteiger partial charge in [0.25, 0.3) is 0 Å². The molecule has 0 saturated carbocycles. The lowest BCUT2D eigenvalue weighted by Gasteiger charge is -2.35. The summed E-state index contributed by atoms with van der Waals surface area (Å²) in [5.74, 6) is 1.15. The fourth-order valence-electron chi connectivity index (χ4n) is 2.05. The van der Waals surface area contributed by atoms with Gasteiger partial charge in [-0.2, -0.15) is 13.2 Å². The summed E-state index contributed by atoms with van der Waals surface area (Å²) in [6.07, 6.45) is -3.73. The van der Waals surface area contributed by atoms with E-state index in [1.54, 1.807) is 18.0 Å². The lowest BCUT2D eigenvalue weighted by Crippen LogP contribution is -2.49. The Bertz CT molecular complexity index is 450. The van der Waals surface area contributed by atoms with E-state index in [0.29, 0.717) is 24.6 Å². The number of aromatic nitrogens is 2. The number of hydrogen-bond acceptors (Lipinski definition) is 4. The molecule has 0 radical (unpaired) electrons. The highest BCUT2D eigenvalue weighted by molar-refractivity contribution is 5.46. The van der Waals surface area contributed by atoms with E-state index in [0.717, 1.165) is 5.56 Å². The summed E-state index contributed by atoms with van der Waals surface area (Å²) in [5, 5.41) is 0. The molecular weight excluding hydrogens is 259 g/mol. The average Bonchev–Trinajstić information content (AvgIpc) is 2.38. The zero-order valence-corrected chi connectivity index (χ0v) is 10.9. The van der Waals surface area contributed by atoms with Gasteiger partial charge < -0.3 is 9.64 Å². The molecule has 0 unspecified atom stereocenters. The Morgan fingerprint density at radius 3 is 2.84 bits per heavy atom. The predicted octanol–water partition coefficient (Wildman–Crippen LogP) is 2.11. The molecule has 1 fully saturated rings. The SMILES string of the molecule is CCc1cnc(C)nc1N1CCO[C@@H](C(F)(F)F)C1. The Kier molecular flexibility index (Phi) is 3.93. The molecule has 0 aliphatic carbocycles. The molecule has 0 amide bonds. The van der Waals surface area contributed by atoms with Crippen molar-refractivity contribution in [2.75, 3.05) is 24.6 Å². The van der Waals surface area contributed by atoms with Crippen molar-refractivity contribution in [3.63, 3.8) is 0 Å². The van der Waals surface area contributed by atoms with E-state index in [-0.39, 0.29) is 13.2 Å². The van der Waals surface area contributed by atoms with Crippen LogP contribution in [-0.2, 0) is 11.2 Å². The molecule has 2 rings (SSSR count). The quantitative estimate of drug-likeness (QED) is 0.828. The molecular formula is C12H16F3N3O. The van der Waals surface area contributed by atoms with Gasteiger partial charge in [0.1, 0.15) is 11.6 Å². The topological polar surface area (TPSA) is 38.2 Å². The molecule has 4 nitrogen and oxygen atoms in total. The summed E-state index contributed by atoms with van der Waals surface area (Å²) in [6, 6.07) is 0. The van der Waals surface area contributed by atoms with E-state index in [4.69, 9.17) is 4.74 Å². The van der Waals surface area contributed by atoms with Crippen LogP contribution in [0.3, 0.4) is 0 Å². The van der Waals surface area contributed by atoms with Crippen molar-refractivity contribution in [3.8, 4) is 0 Å². The molecule has 0 aromatic carbocycles. The minimum absolute atomic E-state index is 0.0520. The van der Waals surface area contributed by atoms with Crippen molar-refractivity contribution < 1.29 is 17.9 Å². The molecule has 1 atom stereocenters. The summed E-state index contributed by atoms with van der Waals surface area (Å²) in [4.78, 5) is 9.99. The summed E-state index contributed by atoms with van der Waals surface area (Å²) >= 11 is 0. The summed E-state index contributed by atoms with van der Waals surface area (Å²) in [6.45, 7) is 3.91. The molecule has 1 saturated heterocycles. The Morgan fingerprint density at radius 1 is 1.47 bits per heavy atom. The van der Waals surface area contributed by atoms with Crippen LogP contribution in [0.1, 0.15) is 18.3 Å². The summed E-state index contributed by atoms with van der Waals surface area (Å²) in [7, 11) is 0. The number of aryl methyl sites for hydroxylation is 2. The van der Waals surface area contributed by atoms with Gasteiger partial charge in [0, 0.05) is 18.3 Å². The van der Waals surface area contributed by atoms with E-state index < -0.39 is 12.3 Å². The smallest absolute Gasteiger partial charge is 0.365 e. The maximum Gasteiger partial charge on any atom is 0.416 e. The standard InChI is InChI=1S/C12H16F3N3O/c1-3-9-6-16-8(2)17-11(9)18-4-5-19-10(7-18)12(13,14)15/h6,10H,3-5,7H2,1-2H3/t10-/m1/s1. The van der Waals surface area contributed by atoms with Gasteiger partial charge >= 0.3 is 6.18 Å². The zero-order valence-electron chi connectivity index (χ0n) is 10.9. The number of morpholine rings is 1. The summed E-state index contributed by atoms with van der Waals surface area (Å²) < 4.78 is 42.9. The second-order valence-corrected chi connectivity index (χ2v) is 4.47. The molecule has 1 aromatic heterocycles. The Labute approximate surface area is 109 Å². The number of anilines is 1. The van der Waals surface area contributed by atoms with Gasteiger partial charge in [-0.25, -0.2) is 9.97 Å². The Hall–Kier alpha value is -1.37. The van der Waals surface area contributed by atoms with E-state index >= 15 is 0 Å². The third-order valence-electron chi connectivity index (χ3n) is 3.07. The number of ether oxygens (including phenoxy) is 1. The van der Waals surface area contributed by atoms with Crippen molar-refractivity contribution in [2.45, 2.75) is 32.5 Å². The second kappa shape index (κ2) is 5.32. The van der Waals surface area contributed by atoms with Crippen molar-refractivity contribution in [2.24, 2.45) is 0 Å². The van der Waals surface area contributed by atoms with E-state index in [2.05, 4.69) is 9.97 Å². The van der Waals surface area contributed by atoms with E-state index in [9.17, 15) is 13.2 Å². The molecule has 7 heteroatoms. The maximum absolute atomic E-state index is 12.7. The van der Waals surface area contributed by atoms with Crippen LogP contribution in [0.25, 0.3) is 0 Å². The first-order valence-electron chi connectivity index (χ1n) is 6.17. The lowest BCUT2D eigenvalue weighted by atomic mass is 10.2. The van der Waals surface area contributed by atoms with Crippen molar-refractivity contribution in [1.82, 2.24) is 9.97 Å². The van der Waals surface area contributed by atoms with Crippen molar-refractivity contribution >= 4 is 5.82 Å². The van der Waals surface area contributed by atoms with Crippen LogP contribution in [0.4, 0.5) is 19.0 Å². The Morgan fingerprint density at radius 2 is 2.21 bits per heavy atom. The first-order chi connectivity index (χ1) is 8.91. The van der Waals surface area contributed by atoms with Gasteiger partial charge in [0.05, 0.1) is 13.2 Å². The number of nitrogens with zero attached hydrogens (tertiary/aromatic N) is 3. The van der Waals surface area contributed by atoms with E-state index in [1.165, 1.54) is 0 Å². The first kappa shape index (κ1) is 14.0. The minimum atomic E-state index is -4.34. The molecule has 0 N–H and O–H groups in total. The highest BCUT2D eigenvalue weighted by atomic mass is 19.4. The third-order valence-corrected chi connectivity index (χ3v) is 3.07. The van der Waals surface area contributed by atoms with Gasteiger partial charge in [-0.3, -0.25) is 0 Å². The number of hydrogen-bond donors (Lipinski definition) is 0.